The van der Waals surface area contributed by atoms with Crippen LogP contribution in [-0.4, -0.2) is 40.8 Å². The number of aromatic nitrogens is 1. The number of carbonyl (C=O) groups is 2. The topological polar surface area (TPSA) is 71.5 Å². The number of fused-ring (bicyclic) bond motifs is 1. The van der Waals surface area contributed by atoms with Gasteiger partial charge in [0.15, 0.2) is 5.13 Å². The van der Waals surface area contributed by atoms with Crippen LogP contribution in [0, 0.1) is 0 Å². The molecule has 0 radical (unpaired) electrons. The molecule has 6 nitrogen and oxygen atoms in total. The minimum absolute atomic E-state index is 0.0370. The highest BCUT2D eigenvalue weighted by Crippen LogP contribution is 2.29. The predicted molar refractivity (Wildman–Crippen MR) is 113 cm³/mol. The number of thiazole rings is 1. The van der Waals surface area contributed by atoms with Crippen LogP contribution in [0.3, 0.4) is 0 Å². The lowest BCUT2D eigenvalue weighted by atomic mass is 10.2. The van der Waals surface area contributed by atoms with E-state index in [1.54, 1.807) is 23.6 Å². The van der Waals surface area contributed by atoms with Crippen LogP contribution < -0.4 is 5.32 Å². The number of rotatable bonds is 7. The van der Waals surface area contributed by atoms with Gasteiger partial charge in [0.05, 0.1) is 18.8 Å². The zero-order valence-electron chi connectivity index (χ0n) is 15.6. The molecule has 2 amide bonds. The van der Waals surface area contributed by atoms with Crippen LogP contribution in [0.1, 0.15) is 30.3 Å². The van der Waals surface area contributed by atoms with Crippen molar-refractivity contribution in [3.63, 3.8) is 0 Å². The molecular weight excluding hydrogens is 418 g/mol. The number of hydrogen-bond acceptors (Lipinski definition) is 6. The first-order valence-corrected chi connectivity index (χ1v) is 11.3. The molecule has 1 aliphatic rings. The van der Waals surface area contributed by atoms with Crippen molar-refractivity contribution in [2.45, 2.75) is 37.6 Å². The fourth-order valence-electron chi connectivity index (χ4n) is 2.75. The summed E-state index contributed by atoms with van der Waals surface area (Å²) in [7, 11) is 0. The van der Waals surface area contributed by atoms with Crippen molar-refractivity contribution in [1.29, 1.82) is 0 Å². The molecule has 1 aromatic heterocycles. The summed E-state index contributed by atoms with van der Waals surface area (Å²) in [6, 6.07) is 7.69. The summed E-state index contributed by atoms with van der Waals surface area (Å²) in [6.45, 7) is 3.23. The van der Waals surface area contributed by atoms with Crippen LogP contribution in [0.2, 0.25) is 5.02 Å². The van der Waals surface area contributed by atoms with E-state index in [2.05, 4.69) is 10.3 Å². The van der Waals surface area contributed by atoms with Crippen LogP contribution in [-0.2, 0) is 22.5 Å². The molecule has 0 saturated heterocycles. The standard InChI is InChI=1S/C19H22ClN3O3S2/c1-2-26-19(25)23-10-9-15-16(12-23)28-18(21-15)22-17(24)4-3-11-27-14-7-5-13(20)6-8-14/h5-8H,2-4,9-12H2,1H3,(H,21,22,24). The van der Waals surface area contributed by atoms with Gasteiger partial charge in [0, 0.05) is 34.2 Å². The van der Waals surface area contributed by atoms with Crippen LogP contribution in [0.4, 0.5) is 9.93 Å². The molecule has 0 aliphatic carbocycles. The van der Waals surface area contributed by atoms with Gasteiger partial charge in [-0.15, -0.1) is 11.8 Å². The molecule has 1 N–H and O–H groups in total. The number of thioether (sulfide) groups is 1. The lowest BCUT2D eigenvalue weighted by molar-refractivity contribution is -0.116. The summed E-state index contributed by atoms with van der Waals surface area (Å²) in [5.74, 6) is 0.822. The Morgan fingerprint density at radius 2 is 2.14 bits per heavy atom. The predicted octanol–water partition coefficient (Wildman–Crippen LogP) is 4.82. The number of benzene rings is 1. The molecule has 0 unspecified atom stereocenters. The van der Waals surface area contributed by atoms with Crippen molar-refractivity contribution in [1.82, 2.24) is 9.88 Å². The summed E-state index contributed by atoms with van der Waals surface area (Å²) in [5.41, 5.74) is 0.958. The first kappa shape index (κ1) is 21.0. The lowest BCUT2D eigenvalue weighted by Crippen LogP contribution is -2.35. The smallest absolute Gasteiger partial charge is 0.410 e. The van der Waals surface area contributed by atoms with E-state index in [1.165, 1.54) is 11.3 Å². The van der Waals surface area contributed by atoms with Crippen molar-refractivity contribution >= 4 is 51.8 Å². The van der Waals surface area contributed by atoms with E-state index in [0.717, 1.165) is 32.7 Å². The van der Waals surface area contributed by atoms with Gasteiger partial charge in [0.25, 0.3) is 0 Å². The van der Waals surface area contributed by atoms with Crippen LogP contribution >= 0.6 is 34.7 Å². The van der Waals surface area contributed by atoms with Gasteiger partial charge in [-0.2, -0.15) is 0 Å². The first-order chi connectivity index (χ1) is 13.5. The zero-order chi connectivity index (χ0) is 19.9. The van der Waals surface area contributed by atoms with Gasteiger partial charge in [0.2, 0.25) is 5.91 Å². The Morgan fingerprint density at radius 1 is 1.36 bits per heavy atom. The summed E-state index contributed by atoms with van der Waals surface area (Å²) in [6.07, 6.45) is 1.60. The van der Waals surface area contributed by atoms with Gasteiger partial charge in [-0.25, -0.2) is 9.78 Å². The van der Waals surface area contributed by atoms with Crippen LogP contribution in [0.15, 0.2) is 29.2 Å². The van der Waals surface area contributed by atoms with E-state index >= 15 is 0 Å². The molecule has 150 valence electrons. The normalized spacial score (nSPS) is 13.1. The maximum Gasteiger partial charge on any atom is 0.410 e. The molecule has 2 heterocycles. The van der Waals surface area contributed by atoms with E-state index in [0.29, 0.717) is 37.7 Å². The monoisotopic (exact) mass is 439 g/mol. The Morgan fingerprint density at radius 3 is 2.89 bits per heavy atom. The van der Waals surface area contributed by atoms with E-state index in [-0.39, 0.29) is 12.0 Å². The zero-order valence-corrected chi connectivity index (χ0v) is 18.0. The largest absolute Gasteiger partial charge is 0.450 e. The molecule has 2 aromatic rings. The molecule has 1 aromatic carbocycles. The highest BCUT2D eigenvalue weighted by molar-refractivity contribution is 7.99. The SMILES string of the molecule is CCOC(=O)N1CCc2nc(NC(=O)CCCSc3ccc(Cl)cc3)sc2C1. The van der Waals surface area contributed by atoms with Crippen molar-refractivity contribution in [2.24, 2.45) is 0 Å². The van der Waals surface area contributed by atoms with Crippen LogP contribution in [0.25, 0.3) is 0 Å². The number of halogens is 1. The number of anilines is 1. The molecule has 0 spiro atoms. The number of ether oxygens (including phenoxy) is 1. The first-order valence-electron chi connectivity index (χ1n) is 9.13. The molecule has 0 saturated carbocycles. The third-order valence-corrected chi connectivity index (χ3v) is 6.48. The van der Waals surface area contributed by atoms with E-state index in [9.17, 15) is 9.59 Å². The Bertz CT molecular complexity index is 826. The second kappa shape index (κ2) is 10.1. The maximum atomic E-state index is 12.2. The summed E-state index contributed by atoms with van der Waals surface area (Å²) in [4.78, 5) is 32.4. The number of nitrogens with zero attached hydrogens (tertiary/aromatic N) is 2. The van der Waals surface area contributed by atoms with E-state index in [4.69, 9.17) is 16.3 Å². The van der Waals surface area contributed by atoms with Gasteiger partial charge in [-0.1, -0.05) is 22.9 Å². The average Bonchev–Trinajstić information content (AvgIpc) is 3.08. The van der Waals surface area contributed by atoms with E-state index in [1.807, 2.05) is 24.3 Å². The number of carbonyl (C=O) groups excluding carboxylic acids is 2. The minimum Gasteiger partial charge on any atom is -0.450 e. The fraction of sp³-hybridized carbons (Fsp3) is 0.421. The molecule has 0 atom stereocenters. The second-order valence-electron chi connectivity index (χ2n) is 6.21. The maximum absolute atomic E-state index is 12.2. The third kappa shape index (κ3) is 5.86. The lowest BCUT2D eigenvalue weighted by Gasteiger charge is -2.24. The third-order valence-electron chi connectivity index (χ3n) is 4.13. The molecule has 28 heavy (non-hydrogen) atoms. The number of nitrogens with one attached hydrogen (secondary N) is 1. The van der Waals surface area contributed by atoms with Crippen molar-refractivity contribution < 1.29 is 14.3 Å². The van der Waals surface area contributed by atoms with Gasteiger partial charge in [-0.05, 0) is 43.4 Å². The highest BCUT2D eigenvalue weighted by Gasteiger charge is 2.25. The minimum atomic E-state index is -0.301. The van der Waals surface area contributed by atoms with Gasteiger partial charge in [0.1, 0.15) is 0 Å². The molecule has 9 heteroatoms. The number of hydrogen-bond donors (Lipinski definition) is 1. The summed E-state index contributed by atoms with van der Waals surface area (Å²) in [5, 5.41) is 4.21. The van der Waals surface area contributed by atoms with E-state index < -0.39 is 0 Å². The highest BCUT2D eigenvalue weighted by atomic mass is 35.5. The average molecular weight is 440 g/mol. The Kier molecular flexibility index (Phi) is 7.58. The fourth-order valence-corrected chi connectivity index (χ4v) is 4.77. The van der Waals surface area contributed by atoms with Crippen molar-refractivity contribution in [3.05, 3.63) is 39.9 Å². The van der Waals surface area contributed by atoms with Gasteiger partial charge in [-0.3, -0.25) is 4.79 Å². The number of amides is 2. The molecule has 3 rings (SSSR count). The summed E-state index contributed by atoms with van der Waals surface area (Å²) >= 11 is 9.01. The van der Waals surface area contributed by atoms with Gasteiger partial charge < -0.3 is 15.0 Å². The second-order valence-corrected chi connectivity index (χ2v) is 8.90. The van der Waals surface area contributed by atoms with Crippen molar-refractivity contribution in [3.8, 4) is 0 Å². The molecule has 1 aliphatic heterocycles. The quantitative estimate of drug-likeness (QED) is 0.494. The van der Waals surface area contributed by atoms with Crippen molar-refractivity contribution in [2.75, 3.05) is 24.2 Å². The van der Waals surface area contributed by atoms with Crippen LogP contribution in [0.5, 0.6) is 0 Å². The molecule has 0 fully saturated rings. The van der Waals surface area contributed by atoms with Gasteiger partial charge >= 0.3 is 6.09 Å². The Labute approximate surface area is 177 Å². The summed E-state index contributed by atoms with van der Waals surface area (Å²) < 4.78 is 5.05. The molecular formula is C19H22ClN3O3S2. The Hall–Kier alpha value is -1.77. The Balaban J connectivity index is 1.42. The molecule has 0 bridgehead atoms.